The minimum Gasteiger partial charge on any atom is -0.481 e. The first kappa shape index (κ1) is 10.7. The zero-order valence-corrected chi connectivity index (χ0v) is 8.71. The Morgan fingerprint density at radius 2 is 2.43 bits per heavy atom. The van der Waals surface area contributed by atoms with E-state index in [9.17, 15) is 0 Å². The summed E-state index contributed by atoms with van der Waals surface area (Å²) in [6.07, 6.45) is 1.72. The van der Waals surface area contributed by atoms with Gasteiger partial charge in [-0.3, -0.25) is 0 Å². The van der Waals surface area contributed by atoms with Crippen molar-refractivity contribution >= 4 is 0 Å². The molecule has 1 heterocycles. The monoisotopic (exact) mass is 192 g/mol. The molecule has 0 unspecified atom stereocenters. The summed E-state index contributed by atoms with van der Waals surface area (Å²) in [5.41, 5.74) is 2.18. The fraction of sp³-hybridized carbons (Fsp3) is 0.364. The van der Waals surface area contributed by atoms with Crippen LogP contribution in [-0.4, -0.2) is 18.6 Å². The van der Waals surface area contributed by atoms with E-state index in [1.807, 2.05) is 19.1 Å². The van der Waals surface area contributed by atoms with Crippen LogP contribution < -0.4 is 10.1 Å². The molecule has 0 bridgehead atoms. The summed E-state index contributed by atoms with van der Waals surface area (Å²) in [6.45, 7) is 7.38. The standard InChI is InChI=1S/C11H16N2O/c1-9(2)7-12-8-10-5-4-6-13-11(10)14-3/h4-6,12H,1,7-8H2,2-3H3. The van der Waals surface area contributed by atoms with Crippen LogP contribution in [0, 0.1) is 0 Å². The molecule has 0 radical (unpaired) electrons. The molecule has 76 valence electrons. The second-order valence-corrected chi connectivity index (χ2v) is 3.23. The highest BCUT2D eigenvalue weighted by molar-refractivity contribution is 5.25. The van der Waals surface area contributed by atoms with Crippen molar-refractivity contribution in [2.24, 2.45) is 0 Å². The van der Waals surface area contributed by atoms with E-state index in [1.54, 1.807) is 13.3 Å². The molecule has 0 aliphatic carbocycles. The van der Waals surface area contributed by atoms with Gasteiger partial charge < -0.3 is 10.1 Å². The van der Waals surface area contributed by atoms with Crippen LogP contribution in [0.15, 0.2) is 30.5 Å². The normalized spacial score (nSPS) is 9.86. The Morgan fingerprint density at radius 3 is 3.07 bits per heavy atom. The minimum absolute atomic E-state index is 0.682. The number of aromatic nitrogens is 1. The van der Waals surface area contributed by atoms with Gasteiger partial charge in [0.2, 0.25) is 5.88 Å². The number of ether oxygens (including phenoxy) is 1. The Balaban J connectivity index is 2.53. The highest BCUT2D eigenvalue weighted by Gasteiger charge is 2.01. The molecule has 0 aliphatic heterocycles. The van der Waals surface area contributed by atoms with Crippen molar-refractivity contribution in [3.05, 3.63) is 36.0 Å². The van der Waals surface area contributed by atoms with E-state index >= 15 is 0 Å². The lowest BCUT2D eigenvalue weighted by Crippen LogP contribution is -2.15. The fourth-order valence-electron chi connectivity index (χ4n) is 1.15. The molecule has 0 amide bonds. The summed E-state index contributed by atoms with van der Waals surface area (Å²) in [4.78, 5) is 4.11. The molecule has 1 aromatic rings. The van der Waals surface area contributed by atoms with E-state index in [-0.39, 0.29) is 0 Å². The zero-order valence-electron chi connectivity index (χ0n) is 8.71. The molecule has 14 heavy (non-hydrogen) atoms. The molecule has 1 aromatic heterocycles. The number of nitrogens with zero attached hydrogens (tertiary/aromatic N) is 1. The van der Waals surface area contributed by atoms with E-state index in [1.165, 1.54) is 0 Å². The van der Waals surface area contributed by atoms with Crippen LogP contribution in [0.2, 0.25) is 0 Å². The van der Waals surface area contributed by atoms with Gasteiger partial charge >= 0.3 is 0 Å². The molecular formula is C11H16N2O. The molecule has 1 rings (SSSR count). The first-order chi connectivity index (χ1) is 6.74. The molecule has 3 heteroatoms. The maximum absolute atomic E-state index is 5.13. The topological polar surface area (TPSA) is 34.2 Å². The van der Waals surface area contributed by atoms with Crippen molar-refractivity contribution in [3.8, 4) is 5.88 Å². The van der Waals surface area contributed by atoms with Crippen molar-refractivity contribution in [3.63, 3.8) is 0 Å². The van der Waals surface area contributed by atoms with E-state index in [0.29, 0.717) is 5.88 Å². The third-order valence-electron chi connectivity index (χ3n) is 1.79. The zero-order chi connectivity index (χ0) is 10.4. The van der Waals surface area contributed by atoms with Crippen molar-refractivity contribution in [1.82, 2.24) is 10.3 Å². The average Bonchev–Trinajstić information content (AvgIpc) is 2.18. The van der Waals surface area contributed by atoms with E-state index in [4.69, 9.17) is 4.74 Å². The maximum Gasteiger partial charge on any atom is 0.217 e. The smallest absolute Gasteiger partial charge is 0.217 e. The van der Waals surface area contributed by atoms with Crippen molar-refractivity contribution in [1.29, 1.82) is 0 Å². The summed E-state index contributed by atoms with van der Waals surface area (Å²) in [6, 6.07) is 3.90. The summed E-state index contributed by atoms with van der Waals surface area (Å²) < 4.78 is 5.13. The van der Waals surface area contributed by atoms with Crippen LogP contribution in [0.1, 0.15) is 12.5 Å². The third kappa shape index (κ3) is 3.18. The minimum atomic E-state index is 0.682. The Morgan fingerprint density at radius 1 is 1.64 bits per heavy atom. The lowest BCUT2D eigenvalue weighted by Gasteiger charge is -2.07. The number of pyridine rings is 1. The summed E-state index contributed by atoms with van der Waals surface area (Å²) in [5, 5.41) is 3.26. The first-order valence-corrected chi connectivity index (χ1v) is 4.57. The molecule has 0 aromatic carbocycles. The van der Waals surface area contributed by atoms with E-state index in [2.05, 4.69) is 16.9 Å². The average molecular weight is 192 g/mol. The molecule has 3 nitrogen and oxygen atoms in total. The van der Waals surface area contributed by atoms with Gasteiger partial charge in [-0.25, -0.2) is 4.98 Å². The van der Waals surface area contributed by atoms with Crippen LogP contribution in [0.25, 0.3) is 0 Å². The second-order valence-electron chi connectivity index (χ2n) is 3.23. The van der Waals surface area contributed by atoms with Gasteiger partial charge in [-0.05, 0) is 13.0 Å². The predicted octanol–water partition coefficient (Wildman–Crippen LogP) is 1.76. The Bertz CT molecular complexity index is 310. The summed E-state index contributed by atoms with van der Waals surface area (Å²) >= 11 is 0. The van der Waals surface area contributed by atoms with Gasteiger partial charge in [-0.2, -0.15) is 0 Å². The molecule has 0 aliphatic rings. The molecule has 0 saturated carbocycles. The quantitative estimate of drug-likeness (QED) is 0.722. The van der Waals surface area contributed by atoms with Crippen LogP contribution in [0.5, 0.6) is 5.88 Å². The molecule has 1 N–H and O–H groups in total. The van der Waals surface area contributed by atoms with Gasteiger partial charge in [0.05, 0.1) is 7.11 Å². The van der Waals surface area contributed by atoms with Gasteiger partial charge in [0.25, 0.3) is 0 Å². The van der Waals surface area contributed by atoms with Crippen molar-refractivity contribution in [2.75, 3.05) is 13.7 Å². The lowest BCUT2D eigenvalue weighted by atomic mass is 10.2. The molecule has 0 atom stereocenters. The Kier molecular flexibility index (Phi) is 4.13. The van der Waals surface area contributed by atoms with E-state index in [0.717, 1.165) is 24.2 Å². The number of methoxy groups -OCH3 is 1. The van der Waals surface area contributed by atoms with Crippen LogP contribution in [0.4, 0.5) is 0 Å². The van der Waals surface area contributed by atoms with Gasteiger partial charge in [-0.15, -0.1) is 0 Å². The Labute approximate surface area is 84.8 Å². The van der Waals surface area contributed by atoms with Crippen LogP contribution in [0.3, 0.4) is 0 Å². The molecular weight excluding hydrogens is 176 g/mol. The predicted molar refractivity (Wildman–Crippen MR) is 57.3 cm³/mol. The van der Waals surface area contributed by atoms with Crippen molar-refractivity contribution < 1.29 is 4.74 Å². The van der Waals surface area contributed by atoms with Crippen LogP contribution >= 0.6 is 0 Å². The maximum atomic E-state index is 5.13. The fourth-order valence-corrected chi connectivity index (χ4v) is 1.15. The number of nitrogens with one attached hydrogen (secondary N) is 1. The van der Waals surface area contributed by atoms with Crippen LogP contribution in [-0.2, 0) is 6.54 Å². The lowest BCUT2D eigenvalue weighted by molar-refractivity contribution is 0.391. The second kappa shape index (κ2) is 5.40. The number of rotatable bonds is 5. The number of hydrogen-bond acceptors (Lipinski definition) is 3. The third-order valence-corrected chi connectivity index (χ3v) is 1.79. The highest BCUT2D eigenvalue weighted by atomic mass is 16.5. The molecule has 0 fully saturated rings. The summed E-state index contributed by atoms with van der Waals surface area (Å²) in [5.74, 6) is 0.682. The highest BCUT2D eigenvalue weighted by Crippen LogP contribution is 2.12. The van der Waals surface area contributed by atoms with Gasteiger partial charge in [-0.1, -0.05) is 18.2 Å². The molecule has 0 saturated heterocycles. The Hall–Kier alpha value is -1.35. The van der Waals surface area contributed by atoms with Crippen molar-refractivity contribution in [2.45, 2.75) is 13.5 Å². The van der Waals surface area contributed by atoms with Gasteiger partial charge in [0.15, 0.2) is 0 Å². The SMILES string of the molecule is C=C(C)CNCc1cccnc1OC. The van der Waals surface area contributed by atoms with E-state index < -0.39 is 0 Å². The first-order valence-electron chi connectivity index (χ1n) is 4.57. The number of hydrogen-bond donors (Lipinski definition) is 1. The largest absolute Gasteiger partial charge is 0.481 e. The van der Waals surface area contributed by atoms with Gasteiger partial charge in [0.1, 0.15) is 0 Å². The molecule has 0 spiro atoms. The summed E-state index contributed by atoms with van der Waals surface area (Å²) in [7, 11) is 1.63. The van der Waals surface area contributed by atoms with Gasteiger partial charge in [0, 0.05) is 24.8 Å².